The van der Waals surface area contributed by atoms with Gasteiger partial charge in [-0.2, -0.15) is 8.78 Å². The minimum Gasteiger partial charge on any atom is -0.433 e. The summed E-state index contributed by atoms with van der Waals surface area (Å²) in [7, 11) is 0. The van der Waals surface area contributed by atoms with Gasteiger partial charge in [0.05, 0.1) is 12.8 Å². The summed E-state index contributed by atoms with van der Waals surface area (Å²) in [6.45, 7) is -3.28. The highest BCUT2D eigenvalue weighted by Crippen LogP contribution is 2.20. The summed E-state index contributed by atoms with van der Waals surface area (Å²) in [5.74, 6) is -0.122. The van der Waals surface area contributed by atoms with Gasteiger partial charge in [-0.1, -0.05) is 11.6 Å². The van der Waals surface area contributed by atoms with Crippen LogP contribution in [-0.2, 0) is 6.61 Å². The molecule has 13 heavy (non-hydrogen) atoms. The first-order chi connectivity index (χ1) is 6.13. The predicted octanol–water partition coefficient (Wildman–Crippen LogP) is 1.83. The van der Waals surface area contributed by atoms with Crippen molar-refractivity contribution in [2.24, 2.45) is 0 Å². The minimum absolute atomic E-state index is 0.0733. The summed E-state index contributed by atoms with van der Waals surface area (Å²) in [6.07, 6.45) is 1.06. The first-order valence-electron chi connectivity index (χ1n) is 3.33. The highest BCUT2D eigenvalue weighted by molar-refractivity contribution is 6.30. The average molecular weight is 210 g/mol. The van der Waals surface area contributed by atoms with Crippen LogP contribution in [0.15, 0.2) is 12.3 Å². The summed E-state index contributed by atoms with van der Waals surface area (Å²) in [5.41, 5.74) is 0.250. The van der Waals surface area contributed by atoms with E-state index in [4.69, 9.17) is 16.7 Å². The zero-order valence-corrected chi connectivity index (χ0v) is 7.13. The van der Waals surface area contributed by atoms with Gasteiger partial charge in [-0.25, -0.2) is 4.98 Å². The average Bonchev–Trinajstić information content (AvgIpc) is 2.07. The molecule has 0 radical (unpaired) electrons. The molecule has 1 aromatic heterocycles. The van der Waals surface area contributed by atoms with Crippen LogP contribution in [0.25, 0.3) is 0 Å². The summed E-state index contributed by atoms with van der Waals surface area (Å²) in [5, 5.41) is 8.78. The van der Waals surface area contributed by atoms with Crippen LogP contribution in [0.2, 0.25) is 5.15 Å². The third kappa shape index (κ3) is 2.78. The molecule has 0 atom stereocenters. The van der Waals surface area contributed by atoms with Gasteiger partial charge in [0.2, 0.25) is 0 Å². The van der Waals surface area contributed by atoms with E-state index in [1.807, 2.05) is 0 Å². The third-order valence-corrected chi connectivity index (χ3v) is 1.62. The van der Waals surface area contributed by atoms with Crippen LogP contribution in [0, 0.1) is 0 Å². The second-order valence-corrected chi connectivity index (χ2v) is 2.52. The lowest BCUT2D eigenvalue weighted by Crippen LogP contribution is -2.03. The number of aromatic nitrogens is 1. The van der Waals surface area contributed by atoms with E-state index in [9.17, 15) is 8.78 Å². The van der Waals surface area contributed by atoms with Gasteiger partial charge in [0.1, 0.15) is 10.9 Å². The molecule has 72 valence electrons. The Hall–Kier alpha value is -0.940. The number of hydrogen-bond acceptors (Lipinski definition) is 3. The smallest absolute Gasteiger partial charge is 0.387 e. The number of nitrogens with zero attached hydrogens (tertiary/aromatic N) is 1. The maximum Gasteiger partial charge on any atom is 0.387 e. The number of aliphatic hydroxyl groups is 1. The Labute approximate surface area is 77.9 Å². The van der Waals surface area contributed by atoms with Crippen LogP contribution in [0.5, 0.6) is 5.75 Å². The van der Waals surface area contributed by atoms with Crippen molar-refractivity contribution in [1.82, 2.24) is 4.98 Å². The normalized spacial score (nSPS) is 10.5. The number of ether oxygens (including phenoxy) is 1. The fraction of sp³-hybridized carbons (Fsp3) is 0.286. The van der Waals surface area contributed by atoms with Gasteiger partial charge in [-0.3, -0.25) is 0 Å². The molecule has 0 bridgehead atoms. The van der Waals surface area contributed by atoms with Crippen molar-refractivity contribution in [2.75, 3.05) is 0 Å². The lowest BCUT2D eigenvalue weighted by atomic mass is 10.3. The number of alkyl halides is 2. The van der Waals surface area contributed by atoms with E-state index < -0.39 is 6.61 Å². The number of hydrogen-bond donors (Lipinski definition) is 1. The molecule has 0 saturated carbocycles. The van der Waals surface area contributed by atoms with Crippen molar-refractivity contribution >= 4 is 11.6 Å². The van der Waals surface area contributed by atoms with Crippen molar-refractivity contribution in [3.8, 4) is 5.75 Å². The quantitative estimate of drug-likeness (QED) is 0.773. The molecule has 6 heteroatoms. The monoisotopic (exact) mass is 209 g/mol. The fourth-order valence-electron chi connectivity index (χ4n) is 0.750. The third-order valence-electron chi connectivity index (χ3n) is 1.28. The van der Waals surface area contributed by atoms with E-state index in [1.54, 1.807) is 0 Å². The number of aliphatic hydroxyl groups excluding tert-OH is 1. The summed E-state index contributed by atoms with van der Waals surface area (Å²) in [6, 6.07) is 1.21. The molecule has 1 heterocycles. The number of halogens is 3. The topological polar surface area (TPSA) is 42.4 Å². The molecule has 0 aliphatic carbocycles. The highest BCUT2D eigenvalue weighted by Gasteiger charge is 2.07. The van der Waals surface area contributed by atoms with Crippen molar-refractivity contribution in [1.29, 1.82) is 0 Å². The summed E-state index contributed by atoms with van der Waals surface area (Å²) < 4.78 is 27.5. The Bertz CT molecular complexity index is 296. The summed E-state index contributed by atoms with van der Waals surface area (Å²) >= 11 is 5.52. The Kier molecular flexibility index (Phi) is 3.39. The van der Waals surface area contributed by atoms with E-state index in [-0.39, 0.29) is 23.1 Å². The number of pyridine rings is 1. The second-order valence-electron chi connectivity index (χ2n) is 2.16. The van der Waals surface area contributed by atoms with Crippen LogP contribution in [0.1, 0.15) is 5.56 Å². The van der Waals surface area contributed by atoms with Gasteiger partial charge in [0.25, 0.3) is 0 Å². The van der Waals surface area contributed by atoms with Gasteiger partial charge in [-0.15, -0.1) is 0 Å². The van der Waals surface area contributed by atoms with Gasteiger partial charge in [-0.05, 0) is 6.07 Å². The Morgan fingerprint density at radius 1 is 1.62 bits per heavy atom. The molecule has 0 spiro atoms. The Balaban J connectivity index is 2.86. The van der Waals surface area contributed by atoms with Crippen LogP contribution >= 0.6 is 11.6 Å². The van der Waals surface area contributed by atoms with Gasteiger partial charge in [0.15, 0.2) is 0 Å². The van der Waals surface area contributed by atoms with E-state index in [2.05, 4.69) is 9.72 Å². The van der Waals surface area contributed by atoms with Crippen molar-refractivity contribution < 1.29 is 18.6 Å². The lowest BCUT2D eigenvalue weighted by Gasteiger charge is -2.05. The van der Waals surface area contributed by atoms with E-state index >= 15 is 0 Å². The zero-order chi connectivity index (χ0) is 9.84. The van der Waals surface area contributed by atoms with Gasteiger partial charge >= 0.3 is 6.61 Å². The van der Waals surface area contributed by atoms with Crippen LogP contribution in [-0.4, -0.2) is 16.7 Å². The van der Waals surface area contributed by atoms with Crippen LogP contribution in [0.4, 0.5) is 8.78 Å². The van der Waals surface area contributed by atoms with Crippen molar-refractivity contribution in [3.63, 3.8) is 0 Å². The zero-order valence-electron chi connectivity index (χ0n) is 6.38. The molecule has 1 rings (SSSR count). The molecular formula is C7H6ClF2NO2. The van der Waals surface area contributed by atoms with E-state index in [0.717, 1.165) is 6.20 Å². The second kappa shape index (κ2) is 4.34. The van der Waals surface area contributed by atoms with Crippen molar-refractivity contribution in [3.05, 3.63) is 23.0 Å². The molecule has 0 fully saturated rings. The molecule has 0 saturated heterocycles. The van der Waals surface area contributed by atoms with E-state index in [0.29, 0.717) is 0 Å². The van der Waals surface area contributed by atoms with E-state index in [1.165, 1.54) is 6.07 Å². The predicted molar refractivity (Wildman–Crippen MR) is 41.8 cm³/mol. The molecule has 0 amide bonds. The number of rotatable bonds is 3. The molecule has 0 unspecified atom stereocenters. The van der Waals surface area contributed by atoms with Crippen LogP contribution < -0.4 is 4.74 Å². The SMILES string of the molecule is OCc1cc(OC(F)F)cnc1Cl. The standard InChI is InChI=1S/C7H6ClF2NO2/c8-6-4(3-12)1-5(2-11-6)13-7(9)10/h1-2,7,12H,3H2. The fourth-order valence-corrected chi connectivity index (χ4v) is 0.913. The minimum atomic E-state index is -2.91. The largest absolute Gasteiger partial charge is 0.433 e. The van der Waals surface area contributed by atoms with Gasteiger partial charge in [0, 0.05) is 5.56 Å². The lowest BCUT2D eigenvalue weighted by molar-refractivity contribution is -0.0501. The highest BCUT2D eigenvalue weighted by atomic mass is 35.5. The molecule has 0 aliphatic rings. The van der Waals surface area contributed by atoms with Crippen LogP contribution in [0.3, 0.4) is 0 Å². The maximum absolute atomic E-state index is 11.7. The Morgan fingerprint density at radius 2 is 2.31 bits per heavy atom. The Morgan fingerprint density at radius 3 is 2.85 bits per heavy atom. The molecule has 3 nitrogen and oxygen atoms in total. The summed E-state index contributed by atoms with van der Waals surface area (Å²) in [4.78, 5) is 3.55. The maximum atomic E-state index is 11.7. The molecule has 0 aliphatic heterocycles. The molecular weight excluding hydrogens is 204 g/mol. The van der Waals surface area contributed by atoms with Crippen molar-refractivity contribution in [2.45, 2.75) is 13.2 Å². The first-order valence-corrected chi connectivity index (χ1v) is 3.71. The molecule has 1 aromatic rings. The molecule has 0 aromatic carbocycles. The van der Waals surface area contributed by atoms with Gasteiger partial charge < -0.3 is 9.84 Å². The first kappa shape index (κ1) is 10.1. The molecule has 1 N–H and O–H groups in total.